The molecule has 4 nitrogen and oxygen atoms in total. The molecule has 0 aliphatic carbocycles. The molecule has 0 saturated heterocycles. The van der Waals surface area contributed by atoms with Crippen LogP contribution in [0.2, 0.25) is 0 Å². The van der Waals surface area contributed by atoms with Crippen molar-refractivity contribution >= 4 is 50.8 Å². The molecule has 1 heterocycles. The van der Waals surface area contributed by atoms with E-state index in [1.54, 1.807) is 30.3 Å². The van der Waals surface area contributed by atoms with Crippen molar-refractivity contribution in [2.45, 2.75) is 0 Å². The van der Waals surface area contributed by atoms with Gasteiger partial charge in [0.1, 0.15) is 0 Å². The zero-order valence-electron chi connectivity index (χ0n) is 7.58. The first-order chi connectivity index (χ1) is 6.09. The number of para-hydroxylation sites is 1. The summed E-state index contributed by atoms with van der Waals surface area (Å²) >= 11 is 0. The van der Waals surface area contributed by atoms with Gasteiger partial charge >= 0.3 is 10.3 Å². The predicted molar refractivity (Wildman–Crippen MR) is 54.6 cm³/mol. The molecule has 1 radical (unpaired) electrons. The fourth-order valence-electron chi connectivity index (χ4n) is 1.26. The number of benzene rings is 1. The second-order valence-electron chi connectivity index (χ2n) is 2.65. The fourth-order valence-corrected chi connectivity index (χ4v) is 1.89. The van der Waals surface area contributed by atoms with Crippen molar-refractivity contribution in [1.82, 2.24) is 3.97 Å². The summed E-state index contributed by atoms with van der Waals surface area (Å²) in [5.41, 5.74) is 0.477. The van der Waals surface area contributed by atoms with Crippen LogP contribution >= 0.6 is 0 Å². The molecule has 0 aliphatic rings. The van der Waals surface area contributed by atoms with Crippen molar-refractivity contribution < 1.29 is 13.0 Å². The SMILES string of the molecule is O=S(=O)(O)n1ccc2ccccc21.[Na]. The van der Waals surface area contributed by atoms with Crippen LogP contribution < -0.4 is 0 Å². The molecule has 1 aromatic heterocycles. The van der Waals surface area contributed by atoms with E-state index in [-0.39, 0.29) is 29.6 Å². The number of nitrogens with zero attached hydrogens (tertiary/aromatic N) is 1. The maximum absolute atomic E-state index is 10.8. The molecule has 1 aromatic carbocycles. The smallest absolute Gasteiger partial charge is 0.269 e. The van der Waals surface area contributed by atoms with Crippen LogP contribution in [0.25, 0.3) is 10.9 Å². The average Bonchev–Trinajstić information content (AvgIpc) is 2.45. The van der Waals surface area contributed by atoms with Crippen molar-refractivity contribution in [3.63, 3.8) is 0 Å². The van der Waals surface area contributed by atoms with Gasteiger partial charge in [0, 0.05) is 41.1 Å². The second-order valence-corrected chi connectivity index (χ2v) is 3.94. The van der Waals surface area contributed by atoms with Crippen molar-refractivity contribution in [2.75, 3.05) is 0 Å². The number of fused-ring (bicyclic) bond motifs is 1. The van der Waals surface area contributed by atoms with Gasteiger partial charge in [-0.25, -0.2) is 3.97 Å². The molecule has 0 saturated carbocycles. The molecule has 0 atom stereocenters. The fraction of sp³-hybridized carbons (Fsp3) is 0. The number of rotatable bonds is 1. The van der Waals surface area contributed by atoms with Crippen LogP contribution in [0.5, 0.6) is 0 Å². The van der Waals surface area contributed by atoms with Crippen molar-refractivity contribution in [3.05, 3.63) is 36.5 Å². The van der Waals surface area contributed by atoms with Gasteiger partial charge in [0.05, 0.1) is 5.52 Å². The van der Waals surface area contributed by atoms with Crippen LogP contribution in [-0.4, -0.2) is 46.5 Å². The third-order valence-electron chi connectivity index (χ3n) is 1.81. The Hall–Kier alpha value is -0.330. The molecule has 0 bridgehead atoms. The van der Waals surface area contributed by atoms with E-state index >= 15 is 0 Å². The maximum atomic E-state index is 10.8. The molecule has 1 N–H and O–H groups in total. The van der Waals surface area contributed by atoms with Crippen LogP contribution in [0, 0.1) is 0 Å². The normalized spacial score (nSPS) is 11.2. The minimum Gasteiger partial charge on any atom is -0.269 e. The Kier molecular flexibility index (Phi) is 3.39. The van der Waals surface area contributed by atoms with Crippen LogP contribution in [0.1, 0.15) is 0 Å². The van der Waals surface area contributed by atoms with Crippen LogP contribution in [0.15, 0.2) is 36.5 Å². The van der Waals surface area contributed by atoms with Gasteiger partial charge in [-0.05, 0) is 12.1 Å². The van der Waals surface area contributed by atoms with E-state index in [1.165, 1.54) is 6.20 Å². The van der Waals surface area contributed by atoms with E-state index < -0.39 is 10.3 Å². The second kappa shape index (κ2) is 4.04. The summed E-state index contributed by atoms with van der Waals surface area (Å²) in [6.07, 6.45) is 1.32. The minimum atomic E-state index is -4.17. The van der Waals surface area contributed by atoms with Gasteiger partial charge in [0.15, 0.2) is 0 Å². The Morgan fingerprint density at radius 3 is 2.43 bits per heavy atom. The van der Waals surface area contributed by atoms with Gasteiger partial charge < -0.3 is 0 Å². The van der Waals surface area contributed by atoms with E-state index in [0.29, 0.717) is 5.52 Å². The Morgan fingerprint density at radius 2 is 1.79 bits per heavy atom. The van der Waals surface area contributed by atoms with E-state index in [9.17, 15) is 8.42 Å². The minimum absolute atomic E-state index is 0. The topological polar surface area (TPSA) is 59.3 Å². The molecular formula is C8H7NNaO3S. The Labute approximate surface area is 104 Å². The molecule has 0 amide bonds. The molecule has 2 rings (SSSR count). The maximum Gasteiger partial charge on any atom is 0.363 e. The van der Waals surface area contributed by atoms with Gasteiger partial charge in [-0.3, -0.25) is 4.55 Å². The molecule has 0 aliphatic heterocycles. The molecule has 0 fully saturated rings. The summed E-state index contributed by atoms with van der Waals surface area (Å²) in [6.45, 7) is 0. The zero-order chi connectivity index (χ0) is 9.47. The standard InChI is InChI=1S/C8H7NO3S.Na/c10-13(11,12)9-6-5-7-3-1-2-4-8(7)9;/h1-6H,(H,10,11,12);. The van der Waals surface area contributed by atoms with E-state index in [0.717, 1.165) is 9.36 Å². The van der Waals surface area contributed by atoms with Crippen LogP contribution in [0.4, 0.5) is 0 Å². The van der Waals surface area contributed by atoms with Gasteiger partial charge in [-0.15, -0.1) is 0 Å². The molecule has 69 valence electrons. The molecule has 2 aromatic rings. The third-order valence-corrected chi connectivity index (χ3v) is 2.63. The van der Waals surface area contributed by atoms with Crippen molar-refractivity contribution in [3.8, 4) is 0 Å². The van der Waals surface area contributed by atoms with Crippen LogP contribution in [-0.2, 0) is 10.3 Å². The van der Waals surface area contributed by atoms with Crippen molar-refractivity contribution in [2.24, 2.45) is 0 Å². The number of hydrogen-bond donors (Lipinski definition) is 1. The first-order valence-corrected chi connectivity index (χ1v) is 5.03. The summed E-state index contributed by atoms with van der Waals surface area (Å²) in [7, 11) is -4.17. The summed E-state index contributed by atoms with van der Waals surface area (Å²) in [5.74, 6) is 0. The number of aromatic nitrogens is 1. The Bertz CT molecular complexity index is 546. The molecule has 0 spiro atoms. The zero-order valence-corrected chi connectivity index (χ0v) is 10.4. The molecule has 0 unspecified atom stereocenters. The van der Waals surface area contributed by atoms with Gasteiger partial charge in [-0.2, -0.15) is 8.42 Å². The largest absolute Gasteiger partial charge is 0.363 e. The first kappa shape index (κ1) is 11.7. The van der Waals surface area contributed by atoms with Gasteiger partial charge in [0.2, 0.25) is 0 Å². The molecule has 6 heteroatoms. The number of hydrogen-bond acceptors (Lipinski definition) is 2. The monoisotopic (exact) mass is 220 g/mol. The third kappa shape index (κ3) is 2.02. The van der Waals surface area contributed by atoms with Gasteiger partial charge in [0.25, 0.3) is 0 Å². The van der Waals surface area contributed by atoms with Crippen molar-refractivity contribution in [1.29, 1.82) is 0 Å². The van der Waals surface area contributed by atoms with E-state index in [4.69, 9.17) is 4.55 Å². The predicted octanol–water partition coefficient (Wildman–Crippen LogP) is 0.911. The van der Waals surface area contributed by atoms with Gasteiger partial charge in [-0.1, -0.05) is 18.2 Å². The summed E-state index contributed by atoms with van der Waals surface area (Å²) in [4.78, 5) is 0. The summed E-state index contributed by atoms with van der Waals surface area (Å²) in [5, 5.41) is 0.778. The quantitative estimate of drug-likeness (QED) is 0.574. The molecular weight excluding hydrogens is 213 g/mol. The summed E-state index contributed by atoms with van der Waals surface area (Å²) < 4.78 is 31.3. The van der Waals surface area contributed by atoms with E-state index in [1.807, 2.05) is 0 Å². The van der Waals surface area contributed by atoms with Crippen LogP contribution in [0.3, 0.4) is 0 Å². The first-order valence-electron chi connectivity index (χ1n) is 3.63. The average molecular weight is 220 g/mol. The Morgan fingerprint density at radius 1 is 1.14 bits per heavy atom. The Balaban J connectivity index is 0.000000980. The summed E-state index contributed by atoms with van der Waals surface area (Å²) in [6, 6.07) is 8.55. The molecule has 14 heavy (non-hydrogen) atoms. The van der Waals surface area contributed by atoms with E-state index in [2.05, 4.69) is 0 Å².